The van der Waals surface area contributed by atoms with Gasteiger partial charge in [-0.25, -0.2) is 9.59 Å². The van der Waals surface area contributed by atoms with E-state index in [0.717, 1.165) is 19.4 Å². The number of amides is 2. The van der Waals surface area contributed by atoms with Crippen molar-refractivity contribution in [3.63, 3.8) is 0 Å². The Kier molecular flexibility index (Phi) is 8.95. The topological polar surface area (TPSA) is 81.7 Å². The number of urea groups is 1. The number of rotatable bonds is 9. The Bertz CT molecular complexity index is 282. The molecule has 2 amide bonds. The summed E-state index contributed by atoms with van der Waals surface area (Å²) in [6.45, 7) is 7.56. The van der Waals surface area contributed by atoms with Crippen LogP contribution in [0, 0.1) is 0 Å². The second-order valence-electron chi connectivity index (χ2n) is 4.98. The second kappa shape index (κ2) is 9.61. The van der Waals surface area contributed by atoms with Gasteiger partial charge in [-0.2, -0.15) is 0 Å². The number of carboxylic acids is 1. The average Bonchev–Trinajstić information content (AvgIpc) is 2.34. The number of unbranched alkanes of at least 4 members (excludes halogenated alkanes) is 1. The van der Waals surface area contributed by atoms with Crippen molar-refractivity contribution in [3.8, 4) is 0 Å². The number of carbonyl (C=O) groups excluding carboxylic acids is 1. The third-order valence-corrected chi connectivity index (χ3v) is 3.12. The van der Waals surface area contributed by atoms with Crippen LogP contribution >= 0.6 is 0 Å². The summed E-state index contributed by atoms with van der Waals surface area (Å²) in [7, 11) is 2.07. The van der Waals surface area contributed by atoms with Crippen LogP contribution in [0.1, 0.15) is 40.0 Å². The molecule has 0 rings (SSSR count). The summed E-state index contributed by atoms with van der Waals surface area (Å²) in [6.07, 6.45) is 2.27. The highest BCUT2D eigenvalue weighted by atomic mass is 16.4. The Morgan fingerprint density at radius 2 is 1.89 bits per heavy atom. The van der Waals surface area contributed by atoms with Crippen LogP contribution in [0.25, 0.3) is 0 Å². The van der Waals surface area contributed by atoms with Crippen LogP contribution in [-0.2, 0) is 4.79 Å². The van der Waals surface area contributed by atoms with Gasteiger partial charge < -0.3 is 20.6 Å². The fourth-order valence-electron chi connectivity index (χ4n) is 1.49. The summed E-state index contributed by atoms with van der Waals surface area (Å²) in [6, 6.07) is -0.698. The molecule has 0 fully saturated rings. The van der Waals surface area contributed by atoms with E-state index < -0.39 is 18.0 Å². The van der Waals surface area contributed by atoms with E-state index in [1.807, 2.05) is 0 Å². The van der Waals surface area contributed by atoms with Gasteiger partial charge >= 0.3 is 12.0 Å². The molecule has 0 spiro atoms. The lowest BCUT2D eigenvalue weighted by Crippen LogP contribution is -2.45. The number of carboxylic acid groups (broad SMARTS) is 1. The highest BCUT2D eigenvalue weighted by Crippen LogP contribution is 1.97. The van der Waals surface area contributed by atoms with Crippen molar-refractivity contribution < 1.29 is 14.7 Å². The Hall–Kier alpha value is -1.30. The lowest BCUT2D eigenvalue weighted by molar-refractivity contribution is -0.139. The molecule has 0 bridgehead atoms. The number of nitrogens with zero attached hydrogens (tertiary/aromatic N) is 1. The summed E-state index contributed by atoms with van der Waals surface area (Å²) in [5.41, 5.74) is 0. The maximum atomic E-state index is 11.4. The van der Waals surface area contributed by atoms with Gasteiger partial charge in [0.2, 0.25) is 0 Å². The van der Waals surface area contributed by atoms with Gasteiger partial charge in [-0.05, 0) is 46.7 Å². The molecule has 6 nitrogen and oxygen atoms in total. The molecule has 1 atom stereocenters. The van der Waals surface area contributed by atoms with E-state index in [9.17, 15) is 9.59 Å². The van der Waals surface area contributed by atoms with Gasteiger partial charge in [0.15, 0.2) is 0 Å². The SMILES string of the molecule is CC[C@@H](NC(=O)NCCCCN(C)C(C)C)C(=O)O. The second-order valence-corrected chi connectivity index (χ2v) is 4.98. The van der Waals surface area contributed by atoms with E-state index in [0.29, 0.717) is 19.0 Å². The molecule has 0 aliphatic carbocycles. The van der Waals surface area contributed by atoms with E-state index in [1.165, 1.54) is 0 Å². The minimum atomic E-state index is -1.00. The van der Waals surface area contributed by atoms with Crippen molar-refractivity contribution in [2.45, 2.75) is 52.1 Å². The van der Waals surface area contributed by atoms with Crippen LogP contribution in [0.3, 0.4) is 0 Å². The third-order valence-electron chi connectivity index (χ3n) is 3.12. The van der Waals surface area contributed by atoms with Crippen LogP contribution in [0.5, 0.6) is 0 Å². The molecule has 0 heterocycles. The zero-order chi connectivity index (χ0) is 14.8. The molecule has 0 aromatic carbocycles. The number of hydrogen-bond donors (Lipinski definition) is 3. The lowest BCUT2D eigenvalue weighted by Gasteiger charge is -2.20. The molecular weight excluding hydrogens is 246 g/mol. The Balaban J connectivity index is 3.67. The standard InChI is InChI=1S/C13H27N3O3/c1-5-11(12(17)18)15-13(19)14-8-6-7-9-16(4)10(2)3/h10-11H,5-9H2,1-4H3,(H,17,18)(H2,14,15,19)/t11-/m1/s1. The zero-order valence-corrected chi connectivity index (χ0v) is 12.4. The maximum absolute atomic E-state index is 11.4. The normalized spacial score (nSPS) is 12.5. The van der Waals surface area contributed by atoms with Crippen molar-refractivity contribution >= 4 is 12.0 Å². The summed E-state index contributed by atoms with van der Waals surface area (Å²) in [5, 5.41) is 13.9. The quantitative estimate of drug-likeness (QED) is 0.553. The molecule has 0 aliphatic heterocycles. The molecule has 3 N–H and O–H groups in total. The zero-order valence-electron chi connectivity index (χ0n) is 12.4. The van der Waals surface area contributed by atoms with Crippen LogP contribution in [0.4, 0.5) is 4.79 Å². The van der Waals surface area contributed by atoms with Gasteiger partial charge in [0.25, 0.3) is 0 Å². The van der Waals surface area contributed by atoms with Gasteiger partial charge in [0.1, 0.15) is 6.04 Å². The number of hydrogen-bond acceptors (Lipinski definition) is 3. The van der Waals surface area contributed by atoms with E-state index in [4.69, 9.17) is 5.11 Å². The molecule has 0 saturated heterocycles. The van der Waals surface area contributed by atoms with Gasteiger partial charge in [-0.3, -0.25) is 0 Å². The molecule has 0 saturated carbocycles. The Morgan fingerprint density at radius 3 is 2.37 bits per heavy atom. The molecule has 0 aromatic heterocycles. The van der Waals surface area contributed by atoms with E-state index >= 15 is 0 Å². The van der Waals surface area contributed by atoms with Gasteiger partial charge in [-0.1, -0.05) is 6.92 Å². The summed E-state index contributed by atoms with van der Waals surface area (Å²) in [4.78, 5) is 24.4. The predicted molar refractivity (Wildman–Crippen MR) is 75.2 cm³/mol. The highest BCUT2D eigenvalue weighted by molar-refractivity contribution is 5.82. The van der Waals surface area contributed by atoms with Crippen molar-refractivity contribution in [2.75, 3.05) is 20.1 Å². The van der Waals surface area contributed by atoms with E-state index in [2.05, 4.69) is 36.4 Å². The molecule has 0 aliphatic rings. The first kappa shape index (κ1) is 17.7. The van der Waals surface area contributed by atoms with Gasteiger partial charge in [-0.15, -0.1) is 0 Å². The fraction of sp³-hybridized carbons (Fsp3) is 0.846. The van der Waals surface area contributed by atoms with E-state index in [1.54, 1.807) is 6.92 Å². The summed E-state index contributed by atoms with van der Waals surface area (Å²) >= 11 is 0. The largest absolute Gasteiger partial charge is 0.480 e. The molecular formula is C13H27N3O3. The first-order valence-electron chi connectivity index (χ1n) is 6.85. The minimum absolute atomic E-state index is 0.377. The van der Waals surface area contributed by atoms with Crippen molar-refractivity contribution in [1.29, 1.82) is 0 Å². The van der Waals surface area contributed by atoms with E-state index in [-0.39, 0.29) is 0 Å². The van der Waals surface area contributed by atoms with Crippen molar-refractivity contribution in [3.05, 3.63) is 0 Å². The number of carbonyl (C=O) groups is 2. The summed E-state index contributed by atoms with van der Waals surface area (Å²) < 4.78 is 0. The van der Waals surface area contributed by atoms with Crippen molar-refractivity contribution in [1.82, 2.24) is 15.5 Å². The Morgan fingerprint density at radius 1 is 1.26 bits per heavy atom. The van der Waals surface area contributed by atoms with Gasteiger partial charge in [0.05, 0.1) is 0 Å². The third kappa shape index (κ3) is 8.42. The fourth-order valence-corrected chi connectivity index (χ4v) is 1.49. The summed E-state index contributed by atoms with van der Waals surface area (Å²) in [5.74, 6) is -1.00. The van der Waals surface area contributed by atoms with Crippen LogP contribution in [0.15, 0.2) is 0 Å². The first-order chi connectivity index (χ1) is 8.88. The molecule has 6 heteroatoms. The van der Waals surface area contributed by atoms with Crippen LogP contribution in [0.2, 0.25) is 0 Å². The monoisotopic (exact) mass is 273 g/mol. The average molecular weight is 273 g/mol. The minimum Gasteiger partial charge on any atom is -0.480 e. The van der Waals surface area contributed by atoms with Gasteiger partial charge in [0, 0.05) is 12.6 Å². The number of nitrogens with one attached hydrogen (secondary N) is 2. The van der Waals surface area contributed by atoms with Crippen LogP contribution in [-0.4, -0.2) is 54.2 Å². The number of aliphatic carboxylic acids is 1. The lowest BCUT2D eigenvalue weighted by atomic mass is 10.2. The maximum Gasteiger partial charge on any atom is 0.326 e. The predicted octanol–water partition coefficient (Wildman–Crippen LogP) is 1.27. The van der Waals surface area contributed by atoms with Crippen LogP contribution < -0.4 is 10.6 Å². The molecule has 0 radical (unpaired) electrons. The Labute approximate surface area is 115 Å². The smallest absolute Gasteiger partial charge is 0.326 e. The first-order valence-corrected chi connectivity index (χ1v) is 6.85. The molecule has 19 heavy (non-hydrogen) atoms. The molecule has 112 valence electrons. The molecule has 0 aromatic rings. The van der Waals surface area contributed by atoms with Crippen molar-refractivity contribution in [2.24, 2.45) is 0 Å². The highest BCUT2D eigenvalue weighted by Gasteiger charge is 2.16. The molecule has 0 unspecified atom stereocenters.